The van der Waals surface area contributed by atoms with Crippen molar-refractivity contribution in [3.8, 4) is 0 Å². The van der Waals surface area contributed by atoms with E-state index < -0.39 is 0 Å². The normalized spacial score (nSPS) is 20.3. The molecule has 0 unspecified atom stereocenters. The predicted octanol–water partition coefficient (Wildman–Crippen LogP) is 2.60. The first kappa shape index (κ1) is 12.7. The summed E-state index contributed by atoms with van der Waals surface area (Å²) in [7, 11) is 0. The zero-order chi connectivity index (χ0) is 13.2. The number of nitrogens with one attached hydrogen (secondary N) is 1. The highest BCUT2D eigenvalue weighted by atomic mass is 16.1. The number of carbonyl (C=O) groups is 1. The van der Waals surface area contributed by atoms with Crippen LogP contribution in [0.4, 0.5) is 5.69 Å². The summed E-state index contributed by atoms with van der Waals surface area (Å²) < 4.78 is 0. The van der Waals surface area contributed by atoms with E-state index in [-0.39, 0.29) is 5.91 Å². The Hall–Kier alpha value is -1.35. The van der Waals surface area contributed by atoms with Crippen LogP contribution in [0.25, 0.3) is 0 Å². The molecule has 1 amide bonds. The van der Waals surface area contributed by atoms with Crippen LogP contribution in [-0.4, -0.2) is 29.9 Å². The lowest BCUT2D eigenvalue weighted by molar-refractivity contribution is -0.114. The summed E-state index contributed by atoms with van der Waals surface area (Å²) in [4.78, 5) is 13.8. The molecular weight excluding hydrogens is 236 g/mol. The molecule has 1 heterocycles. The first-order valence-electron chi connectivity index (χ1n) is 7.36. The van der Waals surface area contributed by atoms with Crippen molar-refractivity contribution in [2.24, 2.45) is 0 Å². The smallest absolute Gasteiger partial charge is 0.221 e. The highest BCUT2D eigenvalue weighted by molar-refractivity contribution is 5.88. The van der Waals surface area contributed by atoms with Crippen LogP contribution in [0.5, 0.6) is 0 Å². The number of nitrogens with zero attached hydrogens (tertiary/aromatic N) is 1. The summed E-state index contributed by atoms with van der Waals surface area (Å²) in [6.07, 6.45) is 6.42. The summed E-state index contributed by atoms with van der Waals surface area (Å²) in [5, 5.41) is 2.88. The van der Waals surface area contributed by atoms with Crippen LogP contribution in [0.1, 0.15) is 37.3 Å². The van der Waals surface area contributed by atoms with Crippen molar-refractivity contribution < 1.29 is 4.79 Å². The molecule has 0 saturated heterocycles. The van der Waals surface area contributed by atoms with Crippen LogP contribution >= 0.6 is 0 Å². The molecule has 0 spiro atoms. The lowest BCUT2D eigenvalue weighted by Gasteiger charge is -2.36. The van der Waals surface area contributed by atoms with Crippen LogP contribution < -0.4 is 5.32 Å². The average molecular weight is 258 g/mol. The third-order valence-electron chi connectivity index (χ3n) is 4.45. The SMILES string of the molecule is CC(=O)Nc1ccc2c(c1)CCN(C1CCC1)CC2. The van der Waals surface area contributed by atoms with Crippen molar-refractivity contribution in [3.63, 3.8) is 0 Å². The van der Waals surface area contributed by atoms with Gasteiger partial charge in [-0.3, -0.25) is 9.69 Å². The molecule has 2 aliphatic rings. The standard InChI is InChI=1S/C16H22N2O/c1-12(19)17-15-6-5-13-7-9-18(16-3-2-4-16)10-8-14(13)11-15/h5-6,11,16H,2-4,7-10H2,1H3,(H,17,19). The fourth-order valence-corrected chi connectivity index (χ4v) is 3.14. The molecule has 0 bridgehead atoms. The Morgan fingerprint density at radius 2 is 1.95 bits per heavy atom. The molecule has 1 aromatic carbocycles. The van der Waals surface area contributed by atoms with E-state index in [1.54, 1.807) is 6.92 Å². The van der Waals surface area contributed by atoms with Gasteiger partial charge in [0.2, 0.25) is 5.91 Å². The topological polar surface area (TPSA) is 32.3 Å². The maximum atomic E-state index is 11.1. The second-order valence-electron chi connectivity index (χ2n) is 5.79. The number of hydrogen-bond donors (Lipinski definition) is 1. The van der Waals surface area contributed by atoms with Gasteiger partial charge in [-0.1, -0.05) is 12.5 Å². The molecule has 3 nitrogen and oxygen atoms in total. The van der Waals surface area contributed by atoms with Gasteiger partial charge in [-0.25, -0.2) is 0 Å². The second kappa shape index (κ2) is 5.33. The van der Waals surface area contributed by atoms with Gasteiger partial charge in [0.15, 0.2) is 0 Å². The Kier molecular flexibility index (Phi) is 3.56. The minimum Gasteiger partial charge on any atom is -0.326 e. The van der Waals surface area contributed by atoms with Gasteiger partial charge in [0.25, 0.3) is 0 Å². The van der Waals surface area contributed by atoms with E-state index in [1.165, 1.54) is 43.5 Å². The van der Waals surface area contributed by atoms with Gasteiger partial charge in [0, 0.05) is 31.7 Å². The maximum absolute atomic E-state index is 11.1. The maximum Gasteiger partial charge on any atom is 0.221 e. The molecule has 19 heavy (non-hydrogen) atoms. The first-order chi connectivity index (χ1) is 9.22. The van der Waals surface area contributed by atoms with E-state index in [9.17, 15) is 4.79 Å². The minimum absolute atomic E-state index is 0.00432. The Balaban J connectivity index is 1.72. The molecular formula is C16H22N2O. The number of amides is 1. The molecule has 0 aromatic heterocycles. The van der Waals surface area contributed by atoms with E-state index in [4.69, 9.17) is 0 Å². The van der Waals surface area contributed by atoms with Crippen LogP contribution in [0, 0.1) is 0 Å². The van der Waals surface area contributed by atoms with Crippen molar-refractivity contribution >= 4 is 11.6 Å². The fraction of sp³-hybridized carbons (Fsp3) is 0.562. The second-order valence-corrected chi connectivity index (χ2v) is 5.79. The largest absolute Gasteiger partial charge is 0.326 e. The monoisotopic (exact) mass is 258 g/mol. The number of benzene rings is 1. The van der Waals surface area contributed by atoms with Gasteiger partial charge in [0.1, 0.15) is 0 Å². The number of hydrogen-bond acceptors (Lipinski definition) is 2. The first-order valence-corrected chi connectivity index (χ1v) is 7.36. The van der Waals surface area contributed by atoms with Crippen molar-refractivity contribution in [1.82, 2.24) is 4.90 Å². The molecule has 0 radical (unpaired) electrons. The molecule has 1 N–H and O–H groups in total. The molecule has 1 aliphatic carbocycles. The lowest BCUT2D eigenvalue weighted by atomic mass is 9.91. The Labute approximate surface area is 115 Å². The number of rotatable bonds is 2. The molecule has 0 atom stereocenters. The van der Waals surface area contributed by atoms with Gasteiger partial charge in [-0.2, -0.15) is 0 Å². The van der Waals surface area contributed by atoms with Crippen LogP contribution in [-0.2, 0) is 17.6 Å². The van der Waals surface area contributed by atoms with Gasteiger partial charge in [-0.15, -0.1) is 0 Å². The molecule has 1 aromatic rings. The van der Waals surface area contributed by atoms with Gasteiger partial charge >= 0.3 is 0 Å². The highest BCUT2D eigenvalue weighted by Gasteiger charge is 2.26. The molecule has 1 aliphatic heterocycles. The van der Waals surface area contributed by atoms with E-state index >= 15 is 0 Å². The summed E-state index contributed by atoms with van der Waals surface area (Å²) in [5.74, 6) is 0.00432. The highest BCUT2D eigenvalue weighted by Crippen LogP contribution is 2.28. The van der Waals surface area contributed by atoms with Gasteiger partial charge in [0.05, 0.1) is 0 Å². The zero-order valence-corrected chi connectivity index (χ0v) is 11.6. The molecule has 1 saturated carbocycles. The molecule has 3 heteroatoms. The predicted molar refractivity (Wildman–Crippen MR) is 77.4 cm³/mol. The number of anilines is 1. The summed E-state index contributed by atoms with van der Waals surface area (Å²) in [6, 6.07) is 7.20. The number of fused-ring (bicyclic) bond motifs is 1. The molecule has 1 fully saturated rings. The summed E-state index contributed by atoms with van der Waals surface area (Å²) >= 11 is 0. The van der Waals surface area contributed by atoms with Crippen molar-refractivity contribution in [2.45, 2.75) is 45.1 Å². The number of carbonyl (C=O) groups excluding carboxylic acids is 1. The third kappa shape index (κ3) is 2.81. The van der Waals surface area contributed by atoms with E-state index in [0.29, 0.717) is 0 Å². The van der Waals surface area contributed by atoms with Crippen molar-refractivity contribution in [3.05, 3.63) is 29.3 Å². The minimum atomic E-state index is 0.00432. The Bertz CT molecular complexity index is 480. The third-order valence-corrected chi connectivity index (χ3v) is 4.45. The van der Waals surface area contributed by atoms with Crippen molar-refractivity contribution in [1.29, 1.82) is 0 Å². The summed E-state index contributed by atoms with van der Waals surface area (Å²) in [5.41, 5.74) is 3.80. The van der Waals surface area contributed by atoms with E-state index in [1.807, 2.05) is 6.07 Å². The van der Waals surface area contributed by atoms with Gasteiger partial charge in [-0.05, 0) is 48.9 Å². The average Bonchev–Trinajstić information content (AvgIpc) is 2.49. The van der Waals surface area contributed by atoms with Crippen LogP contribution in [0.15, 0.2) is 18.2 Å². The lowest BCUT2D eigenvalue weighted by Crippen LogP contribution is -2.41. The van der Waals surface area contributed by atoms with E-state index in [0.717, 1.165) is 24.6 Å². The zero-order valence-electron chi connectivity index (χ0n) is 11.6. The molecule has 3 rings (SSSR count). The van der Waals surface area contributed by atoms with E-state index in [2.05, 4.69) is 22.3 Å². The van der Waals surface area contributed by atoms with Crippen molar-refractivity contribution in [2.75, 3.05) is 18.4 Å². The molecule has 102 valence electrons. The van der Waals surface area contributed by atoms with Gasteiger partial charge < -0.3 is 5.32 Å². The van der Waals surface area contributed by atoms with Crippen LogP contribution in [0.3, 0.4) is 0 Å². The fourth-order valence-electron chi connectivity index (χ4n) is 3.14. The van der Waals surface area contributed by atoms with Crippen LogP contribution in [0.2, 0.25) is 0 Å². The summed E-state index contributed by atoms with van der Waals surface area (Å²) in [6.45, 7) is 3.92. The Morgan fingerprint density at radius 1 is 1.21 bits per heavy atom. The Morgan fingerprint density at radius 3 is 2.58 bits per heavy atom. The quantitative estimate of drug-likeness (QED) is 0.884.